The molecule has 0 unspecified atom stereocenters. The molecule has 9 nitrogen and oxygen atoms in total. The Kier molecular flexibility index (Phi) is 5.37. The Morgan fingerprint density at radius 1 is 1.17 bits per heavy atom. The minimum atomic E-state index is -0.571. The molecule has 9 heteroatoms. The van der Waals surface area contributed by atoms with Crippen molar-refractivity contribution in [2.24, 2.45) is 0 Å². The van der Waals surface area contributed by atoms with E-state index in [4.69, 9.17) is 14.2 Å². The van der Waals surface area contributed by atoms with E-state index >= 15 is 0 Å². The molecule has 1 fully saturated rings. The van der Waals surface area contributed by atoms with Crippen LogP contribution < -0.4 is 14.8 Å². The van der Waals surface area contributed by atoms with Crippen LogP contribution in [-0.2, 0) is 9.53 Å². The van der Waals surface area contributed by atoms with Gasteiger partial charge in [0.2, 0.25) is 5.95 Å². The number of esters is 1. The first-order valence-corrected chi connectivity index (χ1v) is 9.81. The van der Waals surface area contributed by atoms with E-state index in [0.717, 1.165) is 31.2 Å². The van der Waals surface area contributed by atoms with Crippen LogP contribution >= 0.6 is 0 Å². The molecule has 154 valence electrons. The van der Waals surface area contributed by atoms with Crippen LogP contribution in [-0.4, -0.2) is 46.5 Å². The van der Waals surface area contributed by atoms with Gasteiger partial charge in [0.1, 0.15) is 23.6 Å². The summed E-state index contributed by atoms with van der Waals surface area (Å²) in [5, 5.41) is 15.0. The van der Waals surface area contributed by atoms with Gasteiger partial charge in [0.25, 0.3) is 0 Å². The van der Waals surface area contributed by atoms with Gasteiger partial charge in [-0.25, -0.2) is 4.79 Å². The summed E-state index contributed by atoms with van der Waals surface area (Å²) in [5.41, 5.74) is 1.88. The number of benzene rings is 1. The van der Waals surface area contributed by atoms with Gasteiger partial charge >= 0.3 is 5.97 Å². The van der Waals surface area contributed by atoms with E-state index in [-0.39, 0.29) is 12.1 Å². The Balaban J connectivity index is 1.75. The van der Waals surface area contributed by atoms with Gasteiger partial charge in [-0.3, -0.25) is 0 Å². The second kappa shape index (κ2) is 8.10. The molecule has 1 aliphatic heterocycles. The van der Waals surface area contributed by atoms with Crippen LogP contribution in [0.25, 0.3) is 0 Å². The number of hydrogen-bond donors (Lipinski definition) is 1. The number of allylic oxidation sites excluding steroid dienone is 1. The lowest BCUT2D eigenvalue weighted by atomic mass is 9.94. The summed E-state index contributed by atoms with van der Waals surface area (Å²) in [4.78, 5) is 13.2. The van der Waals surface area contributed by atoms with Gasteiger partial charge in [0, 0.05) is 17.3 Å². The van der Waals surface area contributed by atoms with E-state index in [1.165, 1.54) is 6.42 Å². The molecule has 0 saturated heterocycles. The van der Waals surface area contributed by atoms with Gasteiger partial charge in [-0.1, -0.05) is 11.5 Å². The van der Waals surface area contributed by atoms with Gasteiger partial charge in [-0.2, -0.15) is 4.68 Å². The SMILES string of the molecule is COc1ccc([C@@H]2C(C(=O)OC3CCCCC3)=C(C)Nc3nnnn32)c(OC)c1. The number of methoxy groups -OCH3 is 2. The number of carbonyl (C=O) groups excluding carboxylic acids is 1. The summed E-state index contributed by atoms with van der Waals surface area (Å²) < 4.78 is 18.4. The number of aromatic nitrogens is 4. The van der Waals surface area contributed by atoms with Crippen molar-refractivity contribution in [1.29, 1.82) is 0 Å². The molecule has 1 N–H and O–H groups in total. The molecule has 0 spiro atoms. The summed E-state index contributed by atoms with van der Waals surface area (Å²) in [6.07, 6.45) is 5.11. The van der Waals surface area contributed by atoms with Crippen molar-refractivity contribution in [2.75, 3.05) is 19.5 Å². The molecule has 2 aliphatic rings. The predicted molar refractivity (Wildman–Crippen MR) is 105 cm³/mol. The highest BCUT2D eigenvalue weighted by Crippen LogP contribution is 2.40. The van der Waals surface area contributed by atoms with E-state index in [1.54, 1.807) is 25.0 Å². The molecule has 2 aromatic rings. The van der Waals surface area contributed by atoms with Gasteiger partial charge < -0.3 is 19.5 Å². The van der Waals surface area contributed by atoms with E-state index in [2.05, 4.69) is 20.8 Å². The standard InChI is InChI=1S/C20H25N5O4/c1-12-17(19(26)29-13-7-5-4-6-8-13)18(25-20(21-12)22-23-24-25)15-10-9-14(27-2)11-16(15)28-3/h9-11,13,18H,4-8H2,1-3H3,(H,21,22,24)/t18-/m1/s1. The molecule has 29 heavy (non-hydrogen) atoms. The number of anilines is 1. The third-order valence-electron chi connectivity index (χ3n) is 5.50. The second-order valence-electron chi connectivity index (χ2n) is 7.29. The number of ether oxygens (including phenoxy) is 3. The Labute approximate surface area is 169 Å². The predicted octanol–water partition coefficient (Wildman–Crippen LogP) is 2.86. The molecule has 0 amide bonds. The highest BCUT2D eigenvalue weighted by atomic mass is 16.5. The fourth-order valence-electron chi connectivity index (χ4n) is 4.01. The fraction of sp³-hybridized carbons (Fsp3) is 0.500. The van der Waals surface area contributed by atoms with Crippen molar-refractivity contribution >= 4 is 11.9 Å². The normalized spacial score (nSPS) is 19.3. The van der Waals surface area contributed by atoms with Crippen molar-refractivity contribution in [3.63, 3.8) is 0 Å². The number of nitrogens with zero attached hydrogens (tertiary/aromatic N) is 4. The summed E-state index contributed by atoms with van der Waals surface area (Å²) >= 11 is 0. The van der Waals surface area contributed by atoms with Crippen LogP contribution in [0, 0.1) is 0 Å². The van der Waals surface area contributed by atoms with Crippen LogP contribution in [0.1, 0.15) is 50.6 Å². The first-order chi connectivity index (χ1) is 14.1. The lowest BCUT2D eigenvalue weighted by molar-refractivity contribution is -0.146. The van der Waals surface area contributed by atoms with Crippen LogP contribution in [0.3, 0.4) is 0 Å². The molecule has 1 aliphatic carbocycles. The monoisotopic (exact) mass is 399 g/mol. The van der Waals surface area contributed by atoms with Crippen LogP contribution in [0.15, 0.2) is 29.5 Å². The van der Waals surface area contributed by atoms with Gasteiger partial charge in [-0.15, -0.1) is 0 Å². The number of hydrogen-bond acceptors (Lipinski definition) is 8. The lowest BCUT2D eigenvalue weighted by Gasteiger charge is -2.30. The minimum absolute atomic E-state index is 0.0507. The minimum Gasteiger partial charge on any atom is -0.497 e. The Morgan fingerprint density at radius 2 is 1.97 bits per heavy atom. The molecule has 1 saturated carbocycles. The maximum atomic E-state index is 13.2. The third kappa shape index (κ3) is 3.64. The highest BCUT2D eigenvalue weighted by molar-refractivity contribution is 5.92. The van der Waals surface area contributed by atoms with Crippen LogP contribution in [0.4, 0.5) is 5.95 Å². The fourth-order valence-corrected chi connectivity index (χ4v) is 4.01. The van der Waals surface area contributed by atoms with Crippen LogP contribution in [0.5, 0.6) is 11.5 Å². The molecule has 2 heterocycles. The van der Waals surface area contributed by atoms with Gasteiger partial charge in [0.15, 0.2) is 0 Å². The quantitative estimate of drug-likeness (QED) is 0.766. The molecule has 1 aromatic carbocycles. The third-order valence-corrected chi connectivity index (χ3v) is 5.50. The molecule has 1 atom stereocenters. The second-order valence-corrected chi connectivity index (χ2v) is 7.29. The number of nitrogens with one attached hydrogen (secondary N) is 1. The topological polar surface area (TPSA) is 100 Å². The number of tetrazole rings is 1. The molecular weight excluding hydrogens is 374 g/mol. The zero-order valence-corrected chi connectivity index (χ0v) is 16.8. The zero-order chi connectivity index (χ0) is 20.4. The first kappa shape index (κ1) is 19.2. The van der Waals surface area contributed by atoms with E-state index < -0.39 is 6.04 Å². The average Bonchev–Trinajstić information content (AvgIpc) is 3.21. The molecular formula is C20H25N5O4. The highest BCUT2D eigenvalue weighted by Gasteiger charge is 2.37. The summed E-state index contributed by atoms with van der Waals surface area (Å²) in [7, 11) is 3.17. The van der Waals surface area contributed by atoms with Crippen molar-refractivity contribution < 1.29 is 19.0 Å². The zero-order valence-electron chi connectivity index (χ0n) is 16.8. The summed E-state index contributed by atoms with van der Waals surface area (Å²) in [6.45, 7) is 1.83. The lowest BCUT2D eigenvalue weighted by Crippen LogP contribution is -2.32. The Morgan fingerprint density at radius 3 is 2.69 bits per heavy atom. The van der Waals surface area contributed by atoms with Crippen molar-refractivity contribution in [1.82, 2.24) is 20.2 Å². The molecule has 1 aromatic heterocycles. The summed E-state index contributed by atoms with van der Waals surface area (Å²) in [5.74, 6) is 1.34. The van der Waals surface area contributed by atoms with Crippen molar-refractivity contribution in [2.45, 2.75) is 51.2 Å². The summed E-state index contributed by atoms with van der Waals surface area (Å²) in [6, 6.07) is 4.89. The van der Waals surface area contributed by atoms with E-state index in [1.807, 2.05) is 19.1 Å². The Hall–Kier alpha value is -3.10. The van der Waals surface area contributed by atoms with Gasteiger partial charge in [-0.05, 0) is 55.2 Å². The average molecular weight is 399 g/mol. The molecule has 4 rings (SSSR count). The first-order valence-electron chi connectivity index (χ1n) is 9.81. The largest absolute Gasteiger partial charge is 0.497 e. The van der Waals surface area contributed by atoms with E-state index in [0.29, 0.717) is 28.7 Å². The number of carbonyl (C=O) groups is 1. The maximum Gasteiger partial charge on any atom is 0.338 e. The molecule has 0 bridgehead atoms. The van der Waals surface area contributed by atoms with Crippen LogP contribution in [0.2, 0.25) is 0 Å². The number of rotatable bonds is 5. The van der Waals surface area contributed by atoms with Crippen molar-refractivity contribution in [3.05, 3.63) is 35.0 Å². The van der Waals surface area contributed by atoms with Crippen molar-refractivity contribution in [3.8, 4) is 11.5 Å². The van der Waals surface area contributed by atoms with Gasteiger partial charge in [0.05, 0.1) is 19.8 Å². The Bertz CT molecular complexity index is 933. The maximum absolute atomic E-state index is 13.2. The molecule has 0 radical (unpaired) electrons. The van der Waals surface area contributed by atoms with E-state index in [9.17, 15) is 4.79 Å². The smallest absolute Gasteiger partial charge is 0.338 e. The number of fused-ring (bicyclic) bond motifs is 1.